The van der Waals surface area contributed by atoms with Gasteiger partial charge in [-0.15, -0.1) is 0 Å². The molecule has 4 rings (SSSR count). The first kappa shape index (κ1) is 19.9. The minimum absolute atomic E-state index is 0.260. The van der Waals surface area contributed by atoms with Crippen LogP contribution in [0.1, 0.15) is 22.3 Å². The third-order valence-electron chi connectivity index (χ3n) is 5.06. The van der Waals surface area contributed by atoms with Crippen LogP contribution in [0, 0.1) is 20.8 Å². The summed E-state index contributed by atoms with van der Waals surface area (Å²) in [6.45, 7) is 5.80. The molecule has 0 atom stereocenters. The maximum absolute atomic E-state index is 13.5. The van der Waals surface area contributed by atoms with Crippen molar-refractivity contribution in [2.24, 2.45) is 0 Å². The van der Waals surface area contributed by atoms with E-state index < -0.39 is 0 Å². The van der Waals surface area contributed by atoms with Gasteiger partial charge in [-0.2, -0.15) is 0 Å². The van der Waals surface area contributed by atoms with E-state index >= 15 is 0 Å². The number of hydrogen-bond acceptors (Lipinski definition) is 3. The maximum atomic E-state index is 13.5. The molecular formula is C25H21ClN2O2. The fourth-order valence-corrected chi connectivity index (χ4v) is 3.96. The second kappa shape index (κ2) is 7.81. The summed E-state index contributed by atoms with van der Waals surface area (Å²) >= 11 is 6.07. The van der Waals surface area contributed by atoms with Crippen molar-refractivity contribution in [2.45, 2.75) is 20.8 Å². The van der Waals surface area contributed by atoms with E-state index in [0.717, 1.165) is 22.4 Å². The first-order valence-electron chi connectivity index (χ1n) is 9.65. The van der Waals surface area contributed by atoms with Crippen molar-refractivity contribution in [3.8, 4) is 0 Å². The van der Waals surface area contributed by atoms with Crippen molar-refractivity contribution in [1.29, 1.82) is 0 Å². The van der Waals surface area contributed by atoms with Crippen LogP contribution < -0.4 is 10.2 Å². The molecule has 5 heteroatoms. The summed E-state index contributed by atoms with van der Waals surface area (Å²) < 4.78 is 0. The Bertz CT molecular complexity index is 1180. The zero-order valence-electron chi connectivity index (χ0n) is 17.0. The molecule has 0 bridgehead atoms. The molecule has 2 amide bonds. The summed E-state index contributed by atoms with van der Waals surface area (Å²) in [4.78, 5) is 28.2. The van der Waals surface area contributed by atoms with Gasteiger partial charge in [0.05, 0.1) is 11.3 Å². The van der Waals surface area contributed by atoms with Gasteiger partial charge in [0.25, 0.3) is 11.8 Å². The number of benzene rings is 3. The second-order valence-corrected chi connectivity index (χ2v) is 7.93. The van der Waals surface area contributed by atoms with Gasteiger partial charge in [0.15, 0.2) is 0 Å². The van der Waals surface area contributed by atoms with Crippen LogP contribution in [0.2, 0.25) is 5.02 Å². The number of rotatable bonds is 4. The fourth-order valence-electron chi connectivity index (χ4n) is 3.73. The molecule has 0 aromatic heterocycles. The molecule has 0 saturated heterocycles. The van der Waals surface area contributed by atoms with E-state index in [1.54, 1.807) is 6.07 Å². The Morgan fingerprint density at radius 1 is 0.800 bits per heavy atom. The standard InChI is InChI=1S/C25H21ClN2O2/c1-15-11-16(2)13-20(12-15)28-24(29)22(18-7-5-4-6-8-18)23(25(28)30)27-21-10-9-19(26)14-17(21)3/h4-14,27H,1-3H3. The maximum Gasteiger partial charge on any atom is 0.282 e. The van der Waals surface area contributed by atoms with Crippen molar-refractivity contribution in [1.82, 2.24) is 0 Å². The van der Waals surface area contributed by atoms with Crippen LogP contribution >= 0.6 is 11.6 Å². The van der Waals surface area contributed by atoms with Crippen LogP contribution in [0.5, 0.6) is 0 Å². The van der Waals surface area contributed by atoms with Gasteiger partial charge in [-0.05, 0) is 73.4 Å². The van der Waals surface area contributed by atoms with Crippen molar-refractivity contribution in [3.63, 3.8) is 0 Å². The van der Waals surface area contributed by atoms with Crippen molar-refractivity contribution >= 4 is 40.4 Å². The van der Waals surface area contributed by atoms with Crippen LogP contribution in [0.15, 0.2) is 72.4 Å². The molecular weight excluding hydrogens is 396 g/mol. The van der Waals surface area contributed by atoms with Crippen LogP contribution in [0.4, 0.5) is 11.4 Å². The number of hydrogen-bond donors (Lipinski definition) is 1. The normalized spacial score (nSPS) is 13.9. The third-order valence-corrected chi connectivity index (χ3v) is 5.29. The number of carbonyl (C=O) groups is 2. The predicted molar refractivity (Wildman–Crippen MR) is 122 cm³/mol. The Balaban J connectivity index is 1.84. The molecule has 1 heterocycles. The van der Waals surface area contributed by atoms with Crippen molar-refractivity contribution in [3.05, 3.63) is 99.7 Å². The van der Waals surface area contributed by atoms with E-state index in [1.807, 2.05) is 81.4 Å². The molecule has 0 spiro atoms. The number of imide groups is 1. The summed E-state index contributed by atoms with van der Waals surface area (Å²) in [5.74, 6) is -0.719. The minimum atomic E-state index is -0.377. The first-order valence-corrected chi connectivity index (χ1v) is 10.0. The number of aryl methyl sites for hydroxylation is 3. The average molecular weight is 417 g/mol. The summed E-state index contributed by atoms with van der Waals surface area (Å²) in [6.07, 6.45) is 0. The van der Waals surface area contributed by atoms with E-state index in [-0.39, 0.29) is 17.5 Å². The lowest BCUT2D eigenvalue weighted by Gasteiger charge is -2.17. The van der Waals surface area contributed by atoms with Gasteiger partial charge < -0.3 is 5.32 Å². The molecule has 3 aromatic rings. The molecule has 3 aromatic carbocycles. The fraction of sp³-hybridized carbons (Fsp3) is 0.120. The minimum Gasteiger partial charge on any atom is -0.350 e. The zero-order valence-corrected chi connectivity index (χ0v) is 17.7. The highest BCUT2D eigenvalue weighted by Crippen LogP contribution is 2.35. The van der Waals surface area contributed by atoms with Crippen molar-refractivity contribution < 1.29 is 9.59 Å². The van der Waals surface area contributed by atoms with Crippen LogP contribution in [0.3, 0.4) is 0 Å². The quantitative estimate of drug-likeness (QED) is 0.558. The highest BCUT2D eigenvalue weighted by molar-refractivity contribution is 6.46. The van der Waals surface area contributed by atoms with Gasteiger partial charge in [-0.25, -0.2) is 4.90 Å². The summed E-state index contributed by atoms with van der Waals surface area (Å²) in [5.41, 5.74) is 5.46. The monoisotopic (exact) mass is 416 g/mol. The SMILES string of the molecule is Cc1cc(C)cc(N2C(=O)C(Nc3ccc(Cl)cc3C)=C(c3ccccc3)C2=O)c1. The highest BCUT2D eigenvalue weighted by Gasteiger charge is 2.40. The summed E-state index contributed by atoms with van der Waals surface area (Å²) in [7, 11) is 0. The molecule has 1 aliphatic rings. The number of amides is 2. The molecule has 0 aliphatic carbocycles. The summed E-state index contributed by atoms with van der Waals surface area (Å²) in [6, 6.07) is 20.3. The Morgan fingerprint density at radius 3 is 2.10 bits per heavy atom. The van der Waals surface area contributed by atoms with E-state index in [9.17, 15) is 9.59 Å². The molecule has 30 heavy (non-hydrogen) atoms. The largest absolute Gasteiger partial charge is 0.350 e. The molecule has 0 unspecified atom stereocenters. The molecule has 0 saturated carbocycles. The molecule has 1 N–H and O–H groups in total. The average Bonchev–Trinajstić information content (AvgIpc) is 2.93. The number of nitrogens with one attached hydrogen (secondary N) is 1. The van der Waals surface area contributed by atoms with Crippen molar-refractivity contribution in [2.75, 3.05) is 10.2 Å². The Hall–Kier alpha value is -3.37. The lowest BCUT2D eigenvalue weighted by atomic mass is 10.0. The van der Waals surface area contributed by atoms with Gasteiger partial charge in [-0.1, -0.05) is 48.0 Å². The number of carbonyl (C=O) groups excluding carboxylic acids is 2. The first-order chi connectivity index (χ1) is 14.3. The van der Waals surface area contributed by atoms with Crippen LogP contribution in [-0.2, 0) is 9.59 Å². The smallest absolute Gasteiger partial charge is 0.282 e. The van der Waals surface area contributed by atoms with Gasteiger partial charge in [-0.3, -0.25) is 9.59 Å². The van der Waals surface area contributed by atoms with E-state index in [2.05, 4.69) is 5.32 Å². The molecule has 4 nitrogen and oxygen atoms in total. The van der Waals surface area contributed by atoms with Gasteiger partial charge in [0.2, 0.25) is 0 Å². The lowest BCUT2D eigenvalue weighted by Crippen LogP contribution is -2.32. The van der Waals surface area contributed by atoms with E-state index in [4.69, 9.17) is 11.6 Å². The Labute approximate surface area is 180 Å². The molecule has 0 radical (unpaired) electrons. The van der Waals surface area contributed by atoms with Crippen LogP contribution in [-0.4, -0.2) is 11.8 Å². The highest BCUT2D eigenvalue weighted by atomic mass is 35.5. The van der Waals surface area contributed by atoms with E-state index in [1.165, 1.54) is 4.90 Å². The van der Waals surface area contributed by atoms with Gasteiger partial charge in [0.1, 0.15) is 5.70 Å². The lowest BCUT2D eigenvalue weighted by molar-refractivity contribution is -0.120. The van der Waals surface area contributed by atoms with Crippen LogP contribution in [0.25, 0.3) is 5.57 Å². The topological polar surface area (TPSA) is 49.4 Å². The number of anilines is 2. The number of nitrogens with zero attached hydrogens (tertiary/aromatic N) is 1. The number of halogens is 1. The Kier molecular flexibility index (Phi) is 5.18. The van der Waals surface area contributed by atoms with E-state index in [0.29, 0.717) is 21.8 Å². The molecule has 1 aliphatic heterocycles. The molecule has 150 valence electrons. The van der Waals surface area contributed by atoms with Gasteiger partial charge in [0, 0.05) is 10.7 Å². The second-order valence-electron chi connectivity index (χ2n) is 7.49. The molecule has 0 fully saturated rings. The third kappa shape index (κ3) is 3.62. The summed E-state index contributed by atoms with van der Waals surface area (Å²) in [5, 5.41) is 3.82. The van der Waals surface area contributed by atoms with Gasteiger partial charge >= 0.3 is 0 Å². The Morgan fingerprint density at radius 2 is 1.47 bits per heavy atom. The zero-order chi connectivity index (χ0) is 21.4. The predicted octanol–water partition coefficient (Wildman–Crippen LogP) is 5.66.